The summed E-state index contributed by atoms with van der Waals surface area (Å²) in [5.74, 6) is -0.918. The number of halogens is 3. The molecule has 0 atom stereocenters. The summed E-state index contributed by atoms with van der Waals surface area (Å²) in [6, 6.07) is 13.5. The largest absolute Gasteiger partial charge is 0.493 e. The van der Waals surface area contributed by atoms with Crippen LogP contribution in [0.25, 0.3) is 11.1 Å². The molecule has 1 heterocycles. The Balaban J connectivity index is 1.54. The second-order valence-corrected chi connectivity index (χ2v) is 13.3. The molecule has 9 nitrogen and oxygen atoms in total. The maximum absolute atomic E-state index is 14.1. The first-order chi connectivity index (χ1) is 19.7. The van der Waals surface area contributed by atoms with Gasteiger partial charge in [-0.05, 0) is 61.2 Å². The number of hydrogen-bond acceptors (Lipinski definition) is 6. The summed E-state index contributed by atoms with van der Waals surface area (Å²) in [6.45, 7) is 2.01. The summed E-state index contributed by atoms with van der Waals surface area (Å²) in [6.07, 6.45) is -4.30. The number of nitrogens with one attached hydrogen (secondary N) is 1. The van der Waals surface area contributed by atoms with E-state index in [0.717, 1.165) is 22.5 Å². The Morgan fingerprint density at radius 3 is 2.33 bits per heavy atom. The predicted molar refractivity (Wildman–Crippen MR) is 148 cm³/mol. The second kappa shape index (κ2) is 12.4. The van der Waals surface area contributed by atoms with Crippen molar-refractivity contribution in [2.45, 2.75) is 48.2 Å². The normalized spacial score (nSPS) is 15.4. The van der Waals surface area contributed by atoms with Crippen LogP contribution in [0, 0.1) is 0 Å². The molecule has 0 saturated carbocycles. The number of piperidine rings is 1. The van der Waals surface area contributed by atoms with Gasteiger partial charge in [0.15, 0.2) is 0 Å². The van der Waals surface area contributed by atoms with E-state index in [1.54, 1.807) is 24.3 Å². The first-order valence-corrected chi connectivity index (χ1v) is 16.0. The van der Waals surface area contributed by atoms with Crippen molar-refractivity contribution in [1.82, 2.24) is 9.03 Å². The molecule has 3 aromatic carbocycles. The first kappa shape index (κ1) is 31.5. The molecule has 2 N–H and O–H groups in total. The monoisotopic (exact) mass is 626 g/mol. The van der Waals surface area contributed by atoms with Crippen molar-refractivity contribution in [1.29, 1.82) is 0 Å². The zero-order valence-electron chi connectivity index (χ0n) is 22.5. The fourth-order valence-electron chi connectivity index (χ4n) is 4.63. The molecule has 0 unspecified atom stereocenters. The number of carboxylic acid groups (broad SMARTS) is 1. The molecule has 1 aliphatic rings. The molecule has 0 spiro atoms. The van der Waals surface area contributed by atoms with Gasteiger partial charge in [0, 0.05) is 24.7 Å². The van der Waals surface area contributed by atoms with Gasteiger partial charge in [0.25, 0.3) is 0 Å². The van der Waals surface area contributed by atoms with E-state index >= 15 is 0 Å². The Labute approximate surface area is 242 Å². The van der Waals surface area contributed by atoms with Gasteiger partial charge >= 0.3 is 12.1 Å². The molecule has 1 fully saturated rings. The third kappa shape index (κ3) is 6.94. The quantitative estimate of drug-likeness (QED) is 0.324. The standard InChI is InChI=1S/C28H29F3N2O7S2/c1-2-16-40-25-9-4-3-8-23(25)19-10-11-26(24(18-19)28(29,30)31)41(36,37)32-21-12-14-33(15-13-21)42(38,39)22-7-5-6-20(17-22)27(34)35/h3-11,17-18,21,32H,2,12-16H2,1H3,(H,34,35). The third-order valence-electron chi connectivity index (χ3n) is 6.73. The Hall–Kier alpha value is -3.46. The van der Waals surface area contributed by atoms with Crippen LogP contribution in [0.15, 0.2) is 76.5 Å². The molecule has 14 heteroatoms. The minimum atomic E-state index is -4.98. The van der Waals surface area contributed by atoms with Crippen LogP contribution in [-0.2, 0) is 26.2 Å². The fraction of sp³-hybridized carbons (Fsp3) is 0.321. The van der Waals surface area contributed by atoms with Gasteiger partial charge in [-0.3, -0.25) is 0 Å². The van der Waals surface area contributed by atoms with E-state index in [1.165, 1.54) is 24.3 Å². The van der Waals surface area contributed by atoms with Crippen molar-refractivity contribution in [3.05, 3.63) is 77.9 Å². The molecule has 226 valence electrons. The van der Waals surface area contributed by atoms with Gasteiger partial charge < -0.3 is 9.84 Å². The van der Waals surface area contributed by atoms with Crippen molar-refractivity contribution in [3.63, 3.8) is 0 Å². The van der Waals surface area contributed by atoms with Crippen molar-refractivity contribution in [3.8, 4) is 16.9 Å². The van der Waals surface area contributed by atoms with E-state index in [0.29, 0.717) is 24.3 Å². The average Bonchev–Trinajstić information content (AvgIpc) is 2.95. The Kier molecular flexibility index (Phi) is 9.30. The lowest BCUT2D eigenvalue weighted by Gasteiger charge is -2.31. The van der Waals surface area contributed by atoms with E-state index in [9.17, 15) is 34.8 Å². The van der Waals surface area contributed by atoms with Crippen LogP contribution in [0.3, 0.4) is 0 Å². The van der Waals surface area contributed by atoms with Crippen LogP contribution in [0.4, 0.5) is 13.2 Å². The number of ether oxygens (including phenoxy) is 1. The predicted octanol–water partition coefficient (Wildman–Crippen LogP) is 4.99. The topological polar surface area (TPSA) is 130 Å². The first-order valence-electron chi connectivity index (χ1n) is 13.0. The van der Waals surface area contributed by atoms with E-state index in [2.05, 4.69) is 4.72 Å². The molecular weight excluding hydrogens is 597 g/mol. The van der Waals surface area contributed by atoms with Gasteiger partial charge in [-0.25, -0.2) is 26.4 Å². The number of nitrogens with zero attached hydrogens (tertiary/aromatic N) is 1. The van der Waals surface area contributed by atoms with Gasteiger partial charge in [0.05, 0.1) is 27.5 Å². The summed E-state index contributed by atoms with van der Waals surface area (Å²) in [5.41, 5.74) is -1.02. The molecule has 1 saturated heterocycles. The van der Waals surface area contributed by atoms with Gasteiger partial charge in [-0.2, -0.15) is 17.5 Å². The minimum Gasteiger partial charge on any atom is -0.493 e. The molecule has 1 aliphatic heterocycles. The Morgan fingerprint density at radius 1 is 1.00 bits per heavy atom. The van der Waals surface area contributed by atoms with Crippen LogP contribution in [-0.4, -0.2) is 58.0 Å². The molecule has 3 aromatic rings. The average molecular weight is 627 g/mol. The van der Waals surface area contributed by atoms with Gasteiger partial charge in [-0.15, -0.1) is 0 Å². The van der Waals surface area contributed by atoms with E-state index in [-0.39, 0.29) is 42.0 Å². The van der Waals surface area contributed by atoms with Crippen LogP contribution in [0.5, 0.6) is 5.75 Å². The van der Waals surface area contributed by atoms with Gasteiger partial charge in [0.1, 0.15) is 5.75 Å². The lowest BCUT2D eigenvalue weighted by molar-refractivity contribution is -0.139. The van der Waals surface area contributed by atoms with Crippen LogP contribution in [0.2, 0.25) is 0 Å². The lowest BCUT2D eigenvalue weighted by Crippen LogP contribution is -2.46. The number of sulfonamides is 2. The molecule has 0 bridgehead atoms. The summed E-state index contributed by atoms with van der Waals surface area (Å²) in [5, 5.41) is 9.16. The SMILES string of the molecule is CCCOc1ccccc1-c1ccc(S(=O)(=O)NC2CCN(S(=O)(=O)c3cccc(C(=O)O)c3)CC2)c(C(F)(F)F)c1. The smallest absolute Gasteiger partial charge is 0.417 e. The third-order valence-corrected chi connectivity index (χ3v) is 10.2. The zero-order chi connectivity index (χ0) is 30.7. The minimum absolute atomic E-state index is 0.00133. The highest BCUT2D eigenvalue weighted by atomic mass is 32.2. The Bertz CT molecular complexity index is 1670. The van der Waals surface area contributed by atoms with Crippen LogP contribution >= 0.6 is 0 Å². The zero-order valence-corrected chi connectivity index (χ0v) is 24.1. The van der Waals surface area contributed by atoms with E-state index in [1.807, 2.05) is 6.92 Å². The van der Waals surface area contributed by atoms with Crippen molar-refractivity contribution < 1.29 is 44.6 Å². The molecule has 42 heavy (non-hydrogen) atoms. The Morgan fingerprint density at radius 2 is 1.69 bits per heavy atom. The number of alkyl halides is 3. The molecule has 4 rings (SSSR count). The number of hydrogen-bond donors (Lipinski definition) is 2. The molecule has 0 aliphatic carbocycles. The highest BCUT2D eigenvalue weighted by Crippen LogP contribution is 2.39. The summed E-state index contributed by atoms with van der Waals surface area (Å²) < 4.78 is 104. The number of para-hydroxylation sites is 1. The number of carboxylic acids is 1. The molecule has 0 aromatic heterocycles. The van der Waals surface area contributed by atoms with Crippen molar-refractivity contribution in [2.24, 2.45) is 0 Å². The fourth-order valence-corrected chi connectivity index (χ4v) is 7.66. The lowest BCUT2D eigenvalue weighted by atomic mass is 10.0. The van der Waals surface area contributed by atoms with Crippen molar-refractivity contribution in [2.75, 3.05) is 19.7 Å². The molecule has 0 amide bonds. The highest BCUT2D eigenvalue weighted by molar-refractivity contribution is 7.89. The van der Waals surface area contributed by atoms with Gasteiger partial charge in [0.2, 0.25) is 20.0 Å². The van der Waals surface area contributed by atoms with E-state index in [4.69, 9.17) is 9.84 Å². The number of aromatic carboxylic acids is 1. The second-order valence-electron chi connectivity index (χ2n) is 9.69. The van der Waals surface area contributed by atoms with Crippen LogP contribution in [0.1, 0.15) is 42.1 Å². The number of carbonyl (C=O) groups is 1. The maximum atomic E-state index is 14.1. The maximum Gasteiger partial charge on any atom is 0.417 e. The van der Waals surface area contributed by atoms with Crippen molar-refractivity contribution >= 4 is 26.0 Å². The summed E-state index contributed by atoms with van der Waals surface area (Å²) in [7, 11) is -8.72. The molecule has 0 radical (unpaired) electrons. The van der Waals surface area contributed by atoms with Crippen LogP contribution < -0.4 is 9.46 Å². The number of rotatable bonds is 10. The highest BCUT2D eigenvalue weighted by Gasteiger charge is 2.39. The van der Waals surface area contributed by atoms with Gasteiger partial charge in [-0.1, -0.05) is 37.3 Å². The summed E-state index contributed by atoms with van der Waals surface area (Å²) in [4.78, 5) is 10.1. The van der Waals surface area contributed by atoms with E-state index < -0.39 is 48.7 Å². The summed E-state index contributed by atoms with van der Waals surface area (Å²) >= 11 is 0. The number of benzene rings is 3. The molecular formula is C28H29F3N2O7S2.